The van der Waals surface area contributed by atoms with Crippen molar-refractivity contribution in [3.63, 3.8) is 0 Å². The van der Waals surface area contributed by atoms with Gasteiger partial charge in [0.05, 0.1) is 19.3 Å². The molecule has 2 aliphatic rings. The molecule has 2 N–H and O–H groups in total. The minimum absolute atomic E-state index is 0.153. The molecule has 0 aromatic heterocycles. The van der Waals surface area contributed by atoms with E-state index in [1.807, 2.05) is 24.3 Å². The largest absolute Gasteiger partial charge is 0.497 e. The number of amides is 2. The normalized spacial score (nSPS) is 24.1. The first kappa shape index (κ1) is 22.4. The van der Waals surface area contributed by atoms with Gasteiger partial charge >= 0.3 is 6.09 Å². The van der Waals surface area contributed by atoms with Crippen LogP contribution < -0.4 is 15.4 Å². The van der Waals surface area contributed by atoms with Crippen molar-refractivity contribution >= 4 is 12.0 Å². The van der Waals surface area contributed by atoms with Crippen LogP contribution in [0.1, 0.15) is 64.9 Å². The number of carbonyl (C=O) groups excluding carboxylic acids is 2. The van der Waals surface area contributed by atoms with Crippen LogP contribution in [0.4, 0.5) is 4.79 Å². The highest BCUT2D eigenvalue weighted by molar-refractivity contribution is 5.94. The summed E-state index contributed by atoms with van der Waals surface area (Å²) < 4.78 is 16.8. The van der Waals surface area contributed by atoms with Crippen LogP contribution in [0.15, 0.2) is 24.3 Å². The van der Waals surface area contributed by atoms with Crippen molar-refractivity contribution < 1.29 is 23.8 Å². The summed E-state index contributed by atoms with van der Waals surface area (Å²) in [6, 6.07) is 7.50. The molecule has 2 aliphatic carbocycles. The maximum atomic E-state index is 13.1. The van der Waals surface area contributed by atoms with Crippen LogP contribution >= 0.6 is 0 Å². The molecule has 166 valence electrons. The molecule has 1 aromatic carbocycles. The molecular weight excluding hydrogens is 384 g/mol. The standard InChI is InChI=1S/C23H34N2O5/c1-22(2,3)30-21(27)25-23(14-19(23)29-18-8-6-5-7-9-18)20(26)24-15-16-10-12-17(28-4)13-11-16/h10-13,18-19H,5-9,14-15H2,1-4H3,(H,24,26)(H,25,27)/t19-,23?/m1/s1. The fourth-order valence-corrected chi connectivity index (χ4v) is 3.83. The van der Waals surface area contributed by atoms with Gasteiger partial charge in [-0.05, 0) is 51.3 Å². The molecule has 2 fully saturated rings. The van der Waals surface area contributed by atoms with E-state index in [-0.39, 0.29) is 18.1 Å². The number of hydrogen-bond acceptors (Lipinski definition) is 5. The maximum Gasteiger partial charge on any atom is 0.408 e. The van der Waals surface area contributed by atoms with Gasteiger partial charge in [0.2, 0.25) is 5.91 Å². The predicted molar refractivity (Wildman–Crippen MR) is 113 cm³/mol. The molecule has 0 saturated heterocycles. The molecule has 7 heteroatoms. The average Bonchev–Trinajstić information content (AvgIpc) is 3.38. The molecule has 30 heavy (non-hydrogen) atoms. The number of methoxy groups -OCH3 is 1. The van der Waals surface area contributed by atoms with E-state index in [0.29, 0.717) is 13.0 Å². The monoisotopic (exact) mass is 418 g/mol. The van der Waals surface area contributed by atoms with Crippen LogP contribution in [0, 0.1) is 0 Å². The summed E-state index contributed by atoms with van der Waals surface area (Å²) in [6.07, 6.45) is 5.21. The summed E-state index contributed by atoms with van der Waals surface area (Å²) in [4.78, 5) is 25.5. The average molecular weight is 419 g/mol. The van der Waals surface area contributed by atoms with Crippen molar-refractivity contribution in [1.29, 1.82) is 0 Å². The van der Waals surface area contributed by atoms with Crippen molar-refractivity contribution in [2.75, 3.05) is 7.11 Å². The highest BCUT2D eigenvalue weighted by Crippen LogP contribution is 2.42. The number of rotatable bonds is 7. The van der Waals surface area contributed by atoms with E-state index >= 15 is 0 Å². The second-order valence-corrected chi connectivity index (χ2v) is 9.22. The second kappa shape index (κ2) is 9.25. The number of ether oxygens (including phenoxy) is 3. The van der Waals surface area contributed by atoms with Crippen LogP contribution in [0.5, 0.6) is 5.75 Å². The van der Waals surface area contributed by atoms with Crippen molar-refractivity contribution in [2.24, 2.45) is 0 Å². The highest BCUT2D eigenvalue weighted by atomic mass is 16.6. The zero-order valence-electron chi connectivity index (χ0n) is 18.5. The zero-order chi connectivity index (χ0) is 21.8. The molecule has 2 atom stereocenters. The third kappa shape index (κ3) is 5.88. The van der Waals surface area contributed by atoms with E-state index < -0.39 is 17.2 Å². The Labute approximate surface area is 178 Å². The number of hydrogen-bond donors (Lipinski definition) is 2. The van der Waals surface area contributed by atoms with Crippen LogP contribution in [0.25, 0.3) is 0 Å². The Kier molecular flexibility index (Phi) is 6.91. The van der Waals surface area contributed by atoms with Gasteiger partial charge in [0, 0.05) is 13.0 Å². The molecule has 2 amide bonds. The molecule has 1 aromatic rings. The summed E-state index contributed by atoms with van der Waals surface area (Å²) in [5.41, 5.74) is -0.770. The summed E-state index contributed by atoms with van der Waals surface area (Å²) in [7, 11) is 1.61. The Hall–Kier alpha value is -2.28. The van der Waals surface area contributed by atoms with E-state index in [1.54, 1.807) is 27.9 Å². The minimum Gasteiger partial charge on any atom is -0.497 e. The van der Waals surface area contributed by atoms with Crippen molar-refractivity contribution in [2.45, 2.75) is 89.2 Å². The Morgan fingerprint density at radius 1 is 1.10 bits per heavy atom. The van der Waals surface area contributed by atoms with E-state index in [9.17, 15) is 9.59 Å². The number of nitrogens with one attached hydrogen (secondary N) is 2. The predicted octanol–water partition coefficient (Wildman–Crippen LogP) is 3.70. The lowest BCUT2D eigenvalue weighted by atomic mass is 9.98. The van der Waals surface area contributed by atoms with Crippen LogP contribution in [-0.2, 0) is 20.8 Å². The Morgan fingerprint density at radius 3 is 2.37 bits per heavy atom. The third-order valence-corrected chi connectivity index (χ3v) is 5.55. The maximum absolute atomic E-state index is 13.1. The number of benzene rings is 1. The van der Waals surface area contributed by atoms with Gasteiger partial charge in [0.1, 0.15) is 11.4 Å². The Morgan fingerprint density at radius 2 is 1.77 bits per heavy atom. The van der Waals surface area contributed by atoms with Crippen molar-refractivity contribution in [3.05, 3.63) is 29.8 Å². The molecule has 1 unspecified atom stereocenters. The van der Waals surface area contributed by atoms with E-state index in [2.05, 4.69) is 10.6 Å². The molecule has 0 aliphatic heterocycles. The SMILES string of the molecule is COc1ccc(CNC(=O)C2(NC(=O)OC(C)(C)C)C[C@H]2OC2CCCCC2)cc1. The number of alkyl carbamates (subject to hydrolysis) is 1. The molecule has 0 heterocycles. The summed E-state index contributed by atoms with van der Waals surface area (Å²) >= 11 is 0. The molecular formula is C23H34N2O5. The lowest BCUT2D eigenvalue weighted by Crippen LogP contribution is -2.53. The Bertz CT molecular complexity index is 737. The quantitative estimate of drug-likeness (QED) is 0.705. The summed E-state index contributed by atoms with van der Waals surface area (Å²) in [6.45, 7) is 5.75. The van der Waals surface area contributed by atoms with Gasteiger partial charge in [0.25, 0.3) is 0 Å². The van der Waals surface area contributed by atoms with Gasteiger partial charge in [-0.3, -0.25) is 4.79 Å². The lowest BCUT2D eigenvalue weighted by Gasteiger charge is -2.26. The van der Waals surface area contributed by atoms with E-state index in [0.717, 1.165) is 37.0 Å². The van der Waals surface area contributed by atoms with Crippen LogP contribution in [0.2, 0.25) is 0 Å². The molecule has 3 rings (SSSR count). The highest BCUT2D eigenvalue weighted by Gasteiger charge is 2.63. The second-order valence-electron chi connectivity index (χ2n) is 9.22. The van der Waals surface area contributed by atoms with Gasteiger partial charge < -0.3 is 24.8 Å². The topological polar surface area (TPSA) is 85.9 Å². The smallest absolute Gasteiger partial charge is 0.408 e. The van der Waals surface area contributed by atoms with Gasteiger partial charge in [0.15, 0.2) is 5.54 Å². The van der Waals surface area contributed by atoms with Gasteiger partial charge in [-0.2, -0.15) is 0 Å². The van der Waals surface area contributed by atoms with Crippen LogP contribution in [0.3, 0.4) is 0 Å². The van der Waals surface area contributed by atoms with Gasteiger partial charge in [-0.25, -0.2) is 4.79 Å². The van der Waals surface area contributed by atoms with Gasteiger partial charge in [-0.1, -0.05) is 31.4 Å². The van der Waals surface area contributed by atoms with Gasteiger partial charge in [-0.15, -0.1) is 0 Å². The fraction of sp³-hybridized carbons (Fsp3) is 0.652. The fourth-order valence-electron chi connectivity index (χ4n) is 3.83. The summed E-state index contributed by atoms with van der Waals surface area (Å²) in [5.74, 6) is 0.515. The molecule has 0 spiro atoms. The summed E-state index contributed by atoms with van der Waals surface area (Å²) in [5, 5.41) is 5.74. The third-order valence-electron chi connectivity index (χ3n) is 5.55. The number of carbonyl (C=O) groups is 2. The first-order valence-electron chi connectivity index (χ1n) is 10.8. The van der Waals surface area contributed by atoms with Crippen LogP contribution in [-0.4, -0.2) is 42.5 Å². The minimum atomic E-state index is -1.08. The molecule has 0 radical (unpaired) electrons. The van der Waals surface area contributed by atoms with E-state index in [1.165, 1.54) is 6.42 Å². The molecule has 2 saturated carbocycles. The first-order chi connectivity index (χ1) is 14.2. The lowest BCUT2D eigenvalue weighted by molar-refractivity contribution is -0.126. The first-order valence-corrected chi connectivity index (χ1v) is 10.8. The van der Waals surface area contributed by atoms with Crippen molar-refractivity contribution in [1.82, 2.24) is 10.6 Å². The van der Waals surface area contributed by atoms with E-state index in [4.69, 9.17) is 14.2 Å². The Balaban J connectivity index is 1.63. The zero-order valence-corrected chi connectivity index (χ0v) is 18.5. The molecule has 7 nitrogen and oxygen atoms in total. The van der Waals surface area contributed by atoms with Crippen molar-refractivity contribution in [3.8, 4) is 5.75 Å². The molecule has 0 bridgehead atoms.